The Balaban J connectivity index is 1.96. The van der Waals surface area contributed by atoms with Crippen LogP contribution in [0, 0.1) is 18.7 Å². The number of rotatable bonds is 10. The molecule has 3 rings (SSSR count). The number of nitrogens with zero attached hydrogens (tertiary/aromatic N) is 1. The summed E-state index contributed by atoms with van der Waals surface area (Å²) in [4.78, 5) is 27.8. The number of nitrogens with one attached hydrogen (secondary N) is 1. The number of aliphatic carboxylic acids is 1. The molecular weight excluding hydrogens is 479 g/mol. The lowest BCUT2D eigenvalue weighted by molar-refractivity contribution is -0.138. The molecule has 8 heteroatoms. The molecule has 0 spiro atoms. The van der Waals surface area contributed by atoms with Crippen molar-refractivity contribution in [1.82, 2.24) is 0 Å². The molecular formula is C28H37FN2O4S. The van der Waals surface area contributed by atoms with Crippen molar-refractivity contribution in [2.75, 3.05) is 30.0 Å². The number of ether oxygens (including phenoxy) is 1. The van der Waals surface area contributed by atoms with E-state index in [1.165, 1.54) is 17.8 Å². The molecule has 6 nitrogen and oxygen atoms in total. The summed E-state index contributed by atoms with van der Waals surface area (Å²) in [5, 5.41) is 12.6. The van der Waals surface area contributed by atoms with Gasteiger partial charge < -0.3 is 20.1 Å². The number of halogens is 1. The van der Waals surface area contributed by atoms with Gasteiger partial charge in [0.1, 0.15) is 10.6 Å². The molecule has 0 aromatic heterocycles. The van der Waals surface area contributed by atoms with Gasteiger partial charge in [-0.2, -0.15) is 0 Å². The molecule has 0 aliphatic carbocycles. The monoisotopic (exact) mass is 516 g/mol. The van der Waals surface area contributed by atoms with Gasteiger partial charge in [0.15, 0.2) is 0 Å². The Morgan fingerprint density at radius 1 is 1.19 bits per heavy atom. The highest BCUT2D eigenvalue weighted by molar-refractivity contribution is 8.01. The number of carboxylic acids is 1. The number of carbonyl (C=O) groups is 2. The summed E-state index contributed by atoms with van der Waals surface area (Å²) in [6.07, 6.45) is 1.68. The number of benzene rings is 2. The van der Waals surface area contributed by atoms with E-state index in [0.29, 0.717) is 30.4 Å². The average Bonchev–Trinajstić information content (AvgIpc) is 2.80. The van der Waals surface area contributed by atoms with E-state index < -0.39 is 16.5 Å². The van der Waals surface area contributed by atoms with Crippen molar-refractivity contribution in [3.8, 4) is 0 Å². The van der Waals surface area contributed by atoms with Crippen LogP contribution in [0.1, 0.15) is 51.7 Å². The first kappa shape index (κ1) is 28.0. The van der Waals surface area contributed by atoms with Gasteiger partial charge in [-0.05, 0) is 74.9 Å². The number of carbonyl (C=O) groups excluding carboxylic acids is 1. The van der Waals surface area contributed by atoms with Gasteiger partial charge >= 0.3 is 5.97 Å². The minimum absolute atomic E-state index is 0.0923. The quantitative estimate of drug-likeness (QED) is 0.382. The van der Waals surface area contributed by atoms with Gasteiger partial charge in [-0.15, -0.1) is 11.8 Å². The molecule has 0 saturated carbocycles. The number of hydrogen-bond donors (Lipinski definition) is 2. The van der Waals surface area contributed by atoms with Crippen molar-refractivity contribution in [3.63, 3.8) is 0 Å². The lowest BCUT2D eigenvalue weighted by Gasteiger charge is -2.38. The zero-order valence-corrected chi connectivity index (χ0v) is 22.6. The third-order valence-corrected chi connectivity index (χ3v) is 7.37. The van der Waals surface area contributed by atoms with Crippen LogP contribution in [-0.2, 0) is 20.7 Å². The molecule has 1 aliphatic heterocycles. The number of thioether (sulfide) groups is 1. The van der Waals surface area contributed by atoms with E-state index in [4.69, 9.17) is 4.74 Å². The maximum absolute atomic E-state index is 14.4. The normalized spacial score (nSPS) is 14.6. The second-order valence-electron chi connectivity index (χ2n) is 10.3. The first-order chi connectivity index (χ1) is 17.0. The first-order valence-electron chi connectivity index (χ1n) is 12.4. The lowest BCUT2D eigenvalue weighted by atomic mass is 10.0. The second kappa shape index (κ2) is 12.1. The van der Waals surface area contributed by atoms with Crippen LogP contribution in [0.25, 0.3) is 0 Å². The fraction of sp³-hybridized carbons (Fsp3) is 0.500. The molecule has 1 saturated heterocycles. The van der Waals surface area contributed by atoms with Crippen LogP contribution < -0.4 is 10.2 Å². The minimum atomic E-state index is -1.04. The summed E-state index contributed by atoms with van der Waals surface area (Å²) in [6.45, 7) is 11.6. The number of anilines is 2. The Morgan fingerprint density at radius 2 is 1.89 bits per heavy atom. The van der Waals surface area contributed by atoms with Crippen molar-refractivity contribution in [2.24, 2.45) is 5.92 Å². The van der Waals surface area contributed by atoms with Crippen LogP contribution in [0.5, 0.6) is 0 Å². The van der Waals surface area contributed by atoms with Crippen molar-refractivity contribution >= 4 is 35.0 Å². The number of aryl methyl sites for hydroxylation is 1. The predicted molar refractivity (Wildman–Crippen MR) is 144 cm³/mol. The first-order valence-corrected chi connectivity index (χ1v) is 13.2. The fourth-order valence-electron chi connectivity index (χ4n) is 4.26. The molecule has 1 fully saturated rings. The van der Waals surface area contributed by atoms with E-state index in [2.05, 4.69) is 24.1 Å². The molecule has 36 heavy (non-hydrogen) atoms. The van der Waals surface area contributed by atoms with Crippen LogP contribution in [0.15, 0.2) is 41.3 Å². The van der Waals surface area contributed by atoms with E-state index in [1.54, 1.807) is 32.9 Å². The Kier molecular flexibility index (Phi) is 9.41. The van der Waals surface area contributed by atoms with E-state index in [1.807, 2.05) is 18.2 Å². The maximum Gasteiger partial charge on any atom is 0.319 e. The topological polar surface area (TPSA) is 78.9 Å². The van der Waals surface area contributed by atoms with Crippen LogP contribution >= 0.6 is 11.8 Å². The third-order valence-electron chi connectivity index (χ3n) is 6.19. The summed E-state index contributed by atoms with van der Waals surface area (Å²) in [5.41, 5.74) is 2.61. The smallest absolute Gasteiger partial charge is 0.319 e. The molecule has 0 radical (unpaired) electrons. The third kappa shape index (κ3) is 7.46. The summed E-state index contributed by atoms with van der Waals surface area (Å²) < 4.78 is 19.0. The Bertz CT molecular complexity index is 1080. The summed E-state index contributed by atoms with van der Waals surface area (Å²) >= 11 is 1.22. The molecule has 0 unspecified atom stereocenters. The second-order valence-corrected chi connectivity index (χ2v) is 12.0. The Hall–Kier alpha value is -2.58. The highest BCUT2D eigenvalue weighted by Gasteiger charge is 2.30. The average molecular weight is 517 g/mol. The zero-order chi connectivity index (χ0) is 26.5. The van der Waals surface area contributed by atoms with Gasteiger partial charge in [0.2, 0.25) is 5.91 Å². The van der Waals surface area contributed by atoms with Gasteiger partial charge in [0, 0.05) is 30.7 Å². The van der Waals surface area contributed by atoms with E-state index in [0.717, 1.165) is 35.5 Å². The molecule has 2 aromatic rings. The van der Waals surface area contributed by atoms with Crippen LogP contribution in [0.3, 0.4) is 0 Å². The molecule has 0 atom stereocenters. The summed E-state index contributed by atoms with van der Waals surface area (Å²) in [6, 6.07) is 10.8. The maximum atomic E-state index is 14.4. The van der Waals surface area contributed by atoms with Gasteiger partial charge in [0.05, 0.1) is 17.8 Å². The molecule has 2 aromatic carbocycles. The molecule has 1 amide bonds. The molecule has 1 aliphatic rings. The molecule has 2 N–H and O–H groups in total. The fourth-order valence-corrected chi connectivity index (χ4v) is 5.25. The van der Waals surface area contributed by atoms with E-state index in [-0.39, 0.29) is 18.4 Å². The lowest BCUT2D eigenvalue weighted by Crippen LogP contribution is -2.42. The Labute approximate surface area is 217 Å². The van der Waals surface area contributed by atoms with E-state index >= 15 is 0 Å². The highest BCUT2D eigenvalue weighted by atomic mass is 32.2. The molecule has 0 bridgehead atoms. The number of amides is 1. The van der Waals surface area contributed by atoms with Crippen LogP contribution in [-0.4, -0.2) is 47.5 Å². The predicted octanol–water partition coefficient (Wildman–Crippen LogP) is 5.91. The van der Waals surface area contributed by atoms with E-state index in [9.17, 15) is 19.1 Å². The Morgan fingerprint density at radius 3 is 2.50 bits per heavy atom. The van der Waals surface area contributed by atoms with Gasteiger partial charge in [-0.3, -0.25) is 9.59 Å². The molecule has 1 heterocycles. The van der Waals surface area contributed by atoms with Gasteiger partial charge in [0.25, 0.3) is 0 Å². The zero-order valence-electron chi connectivity index (χ0n) is 21.8. The number of hydrogen-bond acceptors (Lipinski definition) is 5. The largest absolute Gasteiger partial charge is 0.480 e. The van der Waals surface area contributed by atoms with Crippen LogP contribution in [0.2, 0.25) is 0 Å². The van der Waals surface area contributed by atoms with Crippen molar-refractivity contribution in [1.29, 1.82) is 0 Å². The number of carboxylic acid groups (broad SMARTS) is 1. The standard InChI is InChI=1S/C28H37FN2O4S/c1-18(2)17-31(21-10-12-35-13-11-21)25-9-8-22(36-28(4,5)27(33)34)16-24(25)30-26(32)15-20-7-6-19(3)14-23(20)29/h6-9,14,16,18,21H,10-13,15,17H2,1-5H3,(H,30,32)(H,33,34). The van der Waals surface area contributed by atoms with Gasteiger partial charge in [-0.25, -0.2) is 4.39 Å². The van der Waals surface area contributed by atoms with Gasteiger partial charge in [-0.1, -0.05) is 26.0 Å². The SMILES string of the molecule is Cc1ccc(CC(=O)Nc2cc(SC(C)(C)C(=O)O)ccc2N(CC(C)C)C2CCOCC2)c(F)c1. The van der Waals surface area contributed by atoms with Crippen molar-refractivity contribution in [3.05, 3.63) is 53.3 Å². The highest BCUT2D eigenvalue weighted by Crippen LogP contribution is 2.39. The summed E-state index contributed by atoms with van der Waals surface area (Å²) in [5.74, 6) is -1.25. The minimum Gasteiger partial charge on any atom is -0.480 e. The summed E-state index contributed by atoms with van der Waals surface area (Å²) in [7, 11) is 0. The van der Waals surface area contributed by atoms with Crippen molar-refractivity contribution < 1.29 is 23.8 Å². The van der Waals surface area contributed by atoms with Crippen LogP contribution in [0.4, 0.5) is 15.8 Å². The van der Waals surface area contributed by atoms with Crippen molar-refractivity contribution in [2.45, 2.75) is 69.6 Å². The molecule has 196 valence electrons.